The van der Waals surface area contributed by atoms with Gasteiger partial charge in [-0.2, -0.15) is 0 Å². The molecular formula is C21H40O4. The summed E-state index contributed by atoms with van der Waals surface area (Å²) in [5.74, 6) is -0.982. The summed E-state index contributed by atoms with van der Waals surface area (Å²) in [5.41, 5.74) is -0.0882. The highest BCUT2D eigenvalue weighted by Crippen LogP contribution is 2.13. The summed E-state index contributed by atoms with van der Waals surface area (Å²) in [6.45, 7) is 8.90. The molecule has 0 spiro atoms. The van der Waals surface area contributed by atoms with Crippen molar-refractivity contribution in [3.8, 4) is 0 Å². The normalized spacial score (nSPS) is 11.4. The van der Waals surface area contributed by atoms with Gasteiger partial charge in [0.2, 0.25) is 0 Å². The first-order valence-electron chi connectivity index (χ1n) is 10.2. The molecule has 0 saturated heterocycles. The van der Waals surface area contributed by atoms with Crippen molar-refractivity contribution >= 4 is 11.9 Å². The number of rotatable bonds is 15. The van der Waals surface area contributed by atoms with E-state index in [2.05, 4.69) is 6.92 Å². The van der Waals surface area contributed by atoms with E-state index >= 15 is 0 Å². The molecule has 0 heterocycles. The molecule has 0 N–H and O–H groups in total. The van der Waals surface area contributed by atoms with E-state index < -0.39 is 11.9 Å². The second kappa shape index (κ2) is 15.2. The number of carbonyl (C=O) groups is 2. The van der Waals surface area contributed by atoms with Crippen molar-refractivity contribution in [2.45, 2.75) is 105 Å². The Labute approximate surface area is 155 Å². The quantitative estimate of drug-likeness (QED) is 0.211. The third kappa shape index (κ3) is 19.1. The summed E-state index contributed by atoms with van der Waals surface area (Å²) >= 11 is 0. The van der Waals surface area contributed by atoms with Gasteiger partial charge in [-0.05, 0) is 11.8 Å². The maximum absolute atomic E-state index is 11.5. The molecule has 4 nitrogen and oxygen atoms in total. The molecular weight excluding hydrogens is 316 g/mol. The molecule has 0 aliphatic heterocycles. The van der Waals surface area contributed by atoms with Crippen molar-refractivity contribution < 1.29 is 19.1 Å². The van der Waals surface area contributed by atoms with E-state index in [9.17, 15) is 9.59 Å². The van der Waals surface area contributed by atoms with Crippen molar-refractivity contribution in [2.24, 2.45) is 5.41 Å². The van der Waals surface area contributed by atoms with Crippen LogP contribution in [0.2, 0.25) is 0 Å². The largest absolute Gasteiger partial charge is 0.465 e. The van der Waals surface area contributed by atoms with Gasteiger partial charge in [-0.25, -0.2) is 0 Å². The molecule has 0 saturated carbocycles. The maximum Gasteiger partial charge on any atom is 0.317 e. The minimum absolute atomic E-state index is 0.0882. The van der Waals surface area contributed by atoms with Gasteiger partial charge in [-0.3, -0.25) is 9.59 Å². The molecule has 4 heteroatoms. The zero-order chi connectivity index (χ0) is 19.0. The van der Waals surface area contributed by atoms with E-state index in [1.165, 1.54) is 57.8 Å². The summed E-state index contributed by atoms with van der Waals surface area (Å²) in [6.07, 6.45) is 13.6. The van der Waals surface area contributed by atoms with E-state index in [1.807, 2.05) is 20.8 Å². The molecule has 0 radical (unpaired) electrons. The molecule has 0 unspecified atom stereocenters. The molecule has 0 rings (SSSR count). The topological polar surface area (TPSA) is 52.6 Å². The van der Waals surface area contributed by atoms with Gasteiger partial charge < -0.3 is 9.47 Å². The fraction of sp³-hybridized carbons (Fsp3) is 0.905. The monoisotopic (exact) mass is 356 g/mol. The maximum atomic E-state index is 11.5. The number of hydrogen-bond donors (Lipinski definition) is 0. The Balaban J connectivity index is 3.36. The Morgan fingerprint density at radius 2 is 1.12 bits per heavy atom. The second-order valence-corrected chi connectivity index (χ2v) is 8.15. The van der Waals surface area contributed by atoms with Crippen LogP contribution in [0.3, 0.4) is 0 Å². The van der Waals surface area contributed by atoms with Crippen LogP contribution in [-0.2, 0) is 19.1 Å². The van der Waals surface area contributed by atoms with E-state index in [-0.39, 0.29) is 11.8 Å². The van der Waals surface area contributed by atoms with E-state index in [1.54, 1.807) is 0 Å². The van der Waals surface area contributed by atoms with Crippen LogP contribution in [0.15, 0.2) is 0 Å². The number of esters is 2. The number of carbonyl (C=O) groups excluding carboxylic acids is 2. The predicted octanol–water partition coefficient (Wildman–Crippen LogP) is 5.82. The smallest absolute Gasteiger partial charge is 0.317 e. The van der Waals surface area contributed by atoms with Gasteiger partial charge in [-0.1, -0.05) is 91.9 Å². The molecule has 0 amide bonds. The van der Waals surface area contributed by atoms with Crippen molar-refractivity contribution in [1.29, 1.82) is 0 Å². The lowest BCUT2D eigenvalue weighted by Crippen LogP contribution is -2.21. The molecule has 0 atom stereocenters. The fourth-order valence-corrected chi connectivity index (χ4v) is 2.47. The van der Waals surface area contributed by atoms with Crippen LogP contribution in [0.1, 0.15) is 105 Å². The first-order valence-corrected chi connectivity index (χ1v) is 10.2. The summed E-state index contributed by atoms with van der Waals surface area (Å²) in [6, 6.07) is 0. The molecule has 0 aliphatic rings. The van der Waals surface area contributed by atoms with Crippen LogP contribution >= 0.6 is 0 Å². The molecule has 0 bridgehead atoms. The lowest BCUT2D eigenvalue weighted by atomic mass is 9.99. The third-order valence-corrected chi connectivity index (χ3v) is 3.97. The van der Waals surface area contributed by atoms with Gasteiger partial charge in [0.1, 0.15) is 6.42 Å². The second-order valence-electron chi connectivity index (χ2n) is 8.15. The average molecular weight is 357 g/mol. The van der Waals surface area contributed by atoms with Gasteiger partial charge in [0, 0.05) is 0 Å². The van der Waals surface area contributed by atoms with Crippen molar-refractivity contribution in [1.82, 2.24) is 0 Å². The van der Waals surface area contributed by atoms with Crippen LogP contribution in [0, 0.1) is 5.41 Å². The van der Waals surface area contributed by atoms with Gasteiger partial charge in [0.05, 0.1) is 13.2 Å². The van der Waals surface area contributed by atoms with Crippen LogP contribution in [-0.4, -0.2) is 25.2 Å². The van der Waals surface area contributed by atoms with Crippen molar-refractivity contribution in [3.63, 3.8) is 0 Å². The van der Waals surface area contributed by atoms with Crippen LogP contribution in [0.25, 0.3) is 0 Å². The highest BCUT2D eigenvalue weighted by Gasteiger charge is 2.16. The van der Waals surface area contributed by atoms with Crippen LogP contribution in [0.5, 0.6) is 0 Å². The highest BCUT2D eigenvalue weighted by atomic mass is 16.6. The van der Waals surface area contributed by atoms with E-state index in [0.717, 1.165) is 12.8 Å². The van der Waals surface area contributed by atoms with Gasteiger partial charge in [0.15, 0.2) is 0 Å². The Kier molecular flexibility index (Phi) is 14.6. The standard InChI is InChI=1S/C21H40O4/c1-5-6-7-8-9-10-11-12-13-14-15-16-24-19(22)17-20(23)25-18-21(2,3)4/h5-18H2,1-4H3. The highest BCUT2D eigenvalue weighted by molar-refractivity contribution is 5.91. The van der Waals surface area contributed by atoms with Crippen LogP contribution < -0.4 is 0 Å². The Bertz CT molecular complexity index is 344. The molecule has 0 aromatic carbocycles. The SMILES string of the molecule is CCCCCCCCCCCCCOC(=O)CC(=O)OCC(C)(C)C. The summed E-state index contributed by atoms with van der Waals surface area (Å²) in [5, 5.41) is 0. The van der Waals surface area contributed by atoms with Gasteiger partial charge >= 0.3 is 11.9 Å². The molecule has 25 heavy (non-hydrogen) atoms. The minimum Gasteiger partial charge on any atom is -0.465 e. The molecule has 0 aliphatic carbocycles. The zero-order valence-electron chi connectivity index (χ0n) is 17.0. The van der Waals surface area contributed by atoms with E-state index in [4.69, 9.17) is 9.47 Å². The molecule has 0 fully saturated rings. The third-order valence-electron chi connectivity index (χ3n) is 3.97. The zero-order valence-corrected chi connectivity index (χ0v) is 17.0. The number of ether oxygens (including phenoxy) is 2. The summed E-state index contributed by atoms with van der Waals surface area (Å²) in [4.78, 5) is 23.0. The minimum atomic E-state index is -0.501. The average Bonchev–Trinajstić information content (AvgIpc) is 2.53. The number of unbranched alkanes of at least 4 members (excludes halogenated alkanes) is 10. The summed E-state index contributed by atoms with van der Waals surface area (Å²) < 4.78 is 10.1. The summed E-state index contributed by atoms with van der Waals surface area (Å²) in [7, 11) is 0. The number of hydrogen-bond acceptors (Lipinski definition) is 4. The Hall–Kier alpha value is -1.06. The fourth-order valence-electron chi connectivity index (χ4n) is 2.47. The molecule has 148 valence electrons. The van der Waals surface area contributed by atoms with Gasteiger partial charge in [-0.15, -0.1) is 0 Å². The predicted molar refractivity (Wildman–Crippen MR) is 102 cm³/mol. The van der Waals surface area contributed by atoms with Crippen LogP contribution in [0.4, 0.5) is 0 Å². The Morgan fingerprint density at radius 3 is 1.60 bits per heavy atom. The lowest BCUT2D eigenvalue weighted by molar-refractivity contribution is -0.156. The lowest BCUT2D eigenvalue weighted by Gasteiger charge is -2.17. The molecule has 0 aromatic heterocycles. The first-order chi connectivity index (χ1) is 11.8. The first kappa shape index (κ1) is 23.9. The van der Waals surface area contributed by atoms with Crippen molar-refractivity contribution in [2.75, 3.05) is 13.2 Å². The van der Waals surface area contributed by atoms with Gasteiger partial charge in [0.25, 0.3) is 0 Å². The van der Waals surface area contributed by atoms with Crippen molar-refractivity contribution in [3.05, 3.63) is 0 Å². The Morgan fingerprint density at radius 1 is 0.680 bits per heavy atom. The molecule has 0 aromatic rings. The van der Waals surface area contributed by atoms with E-state index in [0.29, 0.717) is 13.2 Å².